The van der Waals surface area contributed by atoms with Crippen LogP contribution in [-0.4, -0.2) is 0 Å². The predicted octanol–water partition coefficient (Wildman–Crippen LogP) is 5.34. The lowest BCUT2D eigenvalue weighted by Gasteiger charge is -2.08. The molecule has 0 aliphatic rings. The highest BCUT2D eigenvalue weighted by molar-refractivity contribution is 5.73. The minimum Gasteiger partial charge on any atom is -0.0985 e. The Morgan fingerprint density at radius 1 is 1.06 bits per heavy atom. The van der Waals surface area contributed by atoms with Gasteiger partial charge in [-0.25, -0.2) is 0 Å². The van der Waals surface area contributed by atoms with E-state index < -0.39 is 0 Å². The Labute approximate surface area is 109 Å². The van der Waals surface area contributed by atoms with Crippen molar-refractivity contribution in [3.63, 3.8) is 0 Å². The molecular weight excluding hydrogens is 216 g/mol. The van der Waals surface area contributed by atoms with Gasteiger partial charge in [0.25, 0.3) is 0 Å². The molecule has 0 amide bonds. The van der Waals surface area contributed by atoms with Gasteiger partial charge in [-0.3, -0.25) is 0 Å². The van der Waals surface area contributed by atoms with Crippen LogP contribution in [0, 0.1) is 6.92 Å². The van der Waals surface area contributed by atoms with E-state index in [9.17, 15) is 0 Å². The summed E-state index contributed by atoms with van der Waals surface area (Å²) in [6.07, 6.45) is 1.89. The van der Waals surface area contributed by atoms with E-state index in [2.05, 4.69) is 62.5 Å². The van der Waals surface area contributed by atoms with Gasteiger partial charge in [0.05, 0.1) is 0 Å². The standard InChI is InChI=1S/C18H18/c1-5-15-9-14(4)10-18(11-15)17-8-6-7-16(12-17)13(2)3/h5-12H,1-2H2,3-4H3. The first-order chi connectivity index (χ1) is 8.60. The maximum Gasteiger partial charge on any atom is -0.0175 e. The van der Waals surface area contributed by atoms with Crippen LogP contribution >= 0.6 is 0 Å². The van der Waals surface area contributed by atoms with Crippen LogP contribution in [0.4, 0.5) is 0 Å². The maximum atomic E-state index is 4.00. The molecule has 0 bridgehead atoms. The molecular formula is C18H18. The highest BCUT2D eigenvalue weighted by Gasteiger charge is 2.02. The van der Waals surface area contributed by atoms with Crippen molar-refractivity contribution in [2.75, 3.05) is 0 Å². The molecule has 0 heteroatoms. The molecule has 0 saturated heterocycles. The molecule has 0 unspecified atom stereocenters. The molecule has 0 nitrogen and oxygen atoms in total. The molecule has 2 aromatic rings. The highest BCUT2D eigenvalue weighted by atomic mass is 14.1. The van der Waals surface area contributed by atoms with Crippen LogP contribution in [-0.2, 0) is 0 Å². The monoisotopic (exact) mass is 234 g/mol. The Hall–Kier alpha value is -2.08. The van der Waals surface area contributed by atoms with Gasteiger partial charge in [0.15, 0.2) is 0 Å². The normalized spacial score (nSPS) is 10.1. The first-order valence-electron chi connectivity index (χ1n) is 6.10. The average molecular weight is 234 g/mol. The molecule has 0 aliphatic carbocycles. The van der Waals surface area contributed by atoms with Gasteiger partial charge in [0, 0.05) is 0 Å². The fourth-order valence-corrected chi connectivity index (χ4v) is 2.06. The fraction of sp³-hybridized carbons (Fsp3) is 0.111. The van der Waals surface area contributed by atoms with Crippen molar-refractivity contribution in [1.29, 1.82) is 0 Å². The summed E-state index contributed by atoms with van der Waals surface area (Å²) in [6.45, 7) is 12.0. The number of hydrogen-bond donors (Lipinski definition) is 0. The van der Waals surface area contributed by atoms with Crippen LogP contribution in [0.5, 0.6) is 0 Å². The second kappa shape index (κ2) is 5.05. The van der Waals surface area contributed by atoms with Crippen molar-refractivity contribution < 1.29 is 0 Å². The number of aryl methyl sites for hydroxylation is 1. The van der Waals surface area contributed by atoms with Gasteiger partial charge < -0.3 is 0 Å². The Kier molecular flexibility index (Phi) is 3.47. The first kappa shape index (κ1) is 12.4. The number of allylic oxidation sites excluding steroid dienone is 1. The Morgan fingerprint density at radius 3 is 2.50 bits per heavy atom. The van der Waals surface area contributed by atoms with Gasteiger partial charge in [-0.05, 0) is 53.8 Å². The van der Waals surface area contributed by atoms with Gasteiger partial charge in [-0.15, -0.1) is 0 Å². The van der Waals surface area contributed by atoms with Crippen molar-refractivity contribution >= 4 is 11.6 Å². The van der Waals surface area contributed by atoms with Gasteiger partial charge in [-0.2, -0.15) is 0 Å². The van der Waals surface area contributed by atoms with Crippen LogP contribution < -0.4 is 0 Å². The van der Waals surface area contributed by atoms with E-state index in [0.717, 1.165) is 11.1 Å². The Morgan fingerprint density at radius 2 is 1.83 bits per heavy atom. The first-order valence-corrected chi connectivity index (χ1v) is 6.10. The number of benzene rings is 2. The summed E-state index contributed by atoms with van der Waals surface area (Å²) in [6, 6.07) is 15.0. The van der Waals surface area contributed by atoms with Gasteiger partial charge in [0.1, 0.15) is 0 Å². The molecule has 0 spiro atoms. The van der Waals surface area contributed by atoms with Crippen LogP contribution in [0.1, 0.15) is 23.6 Å². The second-order valence-electron chi connectivity index (χ2n) is 4.70. The summed E-state index contributed by atoms with van der Waals surface area (Å²) in [5.74, 6) is 0. The zero-order valence-corrected chi connectivity index (χ0v) is 11.0. The summed E-state index contributed by atoms with van der Waals surface area (Å²) in [5.41, 5.74) is 7.15. The molecule has 0 heterocycles. The van der Waals surface area contributed by atoms with Crippen molar-refractivity contribution in [1.82, 2.24) is 0 Å². The molecule has 0 fully saturated rings. The maximum absolute atomic E-state index is 4.00. The third kappa shape index (κ3) is 2.60. The van der Waals surface area contributed by atoms with E-state index in [1.165, 1.54) is 22.3 Å². The topological polar surface area (TPSA) is 0 Å². The van der Waals surface area contributed by atoms with Gasteiger partial charge >= 0.3 is 0 Å². The van der Waals surface area contributed by atoms with E-state index in [4.69, 9.17) is 0 Å². The van der Waals surface area contributed by atoms with E-state index >= 15 is 0 Å². The molecule has 2 rings (SSSR count). The zero-order chi connectivity index (χ0) is 13.1. The molecule has 0 atom stereocenters. The van der Waals surface area contributed by atoms with Crippen LogP contribution in [0.15, 0.2) is 55.6 Å². The minimum absolute atomic E-state index is 1.09. The van der Waals surface area contributed by atoms with E-state index in [1.54, 1.807) is 0 Å². The molecule has 90 valence electrons. The molecule has 18 heavy (non-hydrogen) atoms. The fourth-order valence-electron chi connectivity index (χ4n) is 2.06. The van der Waals surface area contributed by atoms with Crippen LogP contribution in [0.3, 0.4) is 0 Å². The van der Waals surface area contributed by atoms with E-state index in [0.29, 0.717) is 0 Å². The van der Waals surface area contributed by atoms with Crippen LogP contribution in [0.25, 0.3) is 22.8 Å². The highest BCUT2D eigenvalue weighted by Crippen LogP contribution is 2.25. The van der Waals surface area contributed by atoms with Crippen LogP contribution in [0.2, 0.25) is 0 Å². The molecule has 0 N–H and O–H groups in total. The van der Waals surface area contributed by atoms with Crippen molar-refractivity contribution in [2.45, 2.75) is 13.8 Å². The van der Waals surface area contributed by atoms with Gasteiger partial charge in [0.2, 0.25) is 0 Å². The molecule has 0 radical (unpaired) electrons. The Balaban J connectivity index is 2.54. The van der Waals surface area contributed by atoms with Gasteiger partial charge in [-0.1, -0.05) is 55.1 Å². The third-order valence-corrected chi connectivity index (χ3v) is 3.02. The summed E-state index contributed by atoms with van der Waals surface area (Å²) in [4.78, 5) is 0. The second-order valence-corrected chi connectivity index (χ2v) is 4.70. The SMILES string of the molecule is C=Cc1cc(C)cc(-c2cccc(C(=C)C)c2)c1. The lowest BCUT2D eigenvalue weighted by molar-refractivity contribution is 1.45. The molecule has 0 aromatic heterocycles. The van der Waals surface area contributed by atoms with E-state index in [1.807, 2.05) is 13.0 Å². The predicted molar refractivity (Wildman–Crippen MR) is 81.4 cm³/mol. The quantitative estimate of drug-likeness (QED) is 0.672. The number of rotatable bonds is 3. The number of hydrogen-bond acceptors (Lipinski definition) is 0. The van der Waals surface area contributed by atoms with Crippen molar-refractivity contribution in [3.8, 4) is 11.1 Å². The molecule has 2 aromatic carbocycles. The molecule has 0 saturated carbocycles. The third-order valence-electron chi connectivity index (χ3n) is 3.02. The van der Waals surface area contributed by atoms with E-state index in [-0.39, 0.29) is 0 Å². The Bertz CT molecular complexity index is 603. The summed E-state index contributed by atoms with van der Waals surface area (Å²) in [7, 11) is 0. The average Bonchev–Trinajstić information content (AvgIpc) is 2.38. The smallest absolute Gasteiger partial charge is 0.0175 e. The lowest BCUT2D eigenvalue weighted by Crippen LogP contribution is -1.85. The lowest BCUT2D eigenvalue weighted by atomic mass is 9.97. The molecule has 0 aliphatic heterocycles. The largest absolute Gasteiger partial charge is 0.0985 e. The zero-order valence-electron chi connectivity index (χ0n) is 11.0. The van der Waals surface area contributed by atoms with Crippen molar-refractivity contribution in [3.05, 3.63) is 72.3 Å². The summed E-state index contributed by atoms with van der Waals surface area (Å²) >= 11 is 0. The summed E-state index contributed by atoms with van der Waals surface area (Å²) < 4.78 is 0. The summed E-state index contributed by atoms with van der Waals surface area (Å²) in [5, 5.41) is 0. The van der Waals surface area contributed by atoms with Crippen molar-refractivity contribution in [2.24, 2.45) is 0 Å². The minimum atomic E-state index is 1.09.